The Labute approximate surface area is 136 Å². The third-order valence-corrected chi connectivity index (χ3v) is 4.12. The highest BCUT2D eigenvalue weighted by Gasteiger charge is 2.31. The van der Waals surface area contributed by atoms with E-state index >= 15 is 0 Å². The van der Waals surface area contributed by atoms with Crippen LogP contribution in [0.2, 0.25) is 0 Å². The first-order valence-corrected chi connectivity index (χ1v) is 8.23. The Morgan fingerprint density at radius 3 is 2.65 bits per heavy atom. The van der Waals surface area contributed by atoms with Gasteiger partial charge in [0.1, 0.15) is 6.10 Å². The molecule has 0 aromatic heterocycles. The number of nitrogens with one attached hydrogen (secondary N) is 2. The van der Waals surface area contributed by atoms with E-state index in [0.717, 1.165) is 0 Å². The summed E-state index contributed by atoms with van der Waals surface area (Å²) in [5, 5.41) is 15.1. The molecular formula is C16H26N2O5. The van der Waals surface area contributed by atoms with E-state index in [1.807, 2.05) is 13.0 Å². The van der Waals surface area contributed by atoms with Crippen molar-refractivity contribution in [1.82, 2.24) is 10.6 Å². The molecular weight excluding hydrogens is 300 g/mol. The van der Waals surface area contributed by atoms with Crippen molar-refractivity contribution >= 4 is 11.8 Å². The van der Waals surface area contributed by atoms with Gasteiger partial charge < -0.3 is 25.2 Å². The lowest BCUT2D eigenvalue weighted by Crippen LogP contribution is -2.50. The zero-order chi connectivity index (χ0) is 16.7. The maximum absolute atomic E-state index is 12.3. The number of carbonyl (C=O) groups is 2. The fourth-order valence-electron chi connectivity index (χ4n) is 2.83. The standard InChI is InChI=1S/C16H26N2O5/c1-2-17-15(20)9-12-3-4-13(14(10-19)23-12)18-16(21)11-5-7-22-8-6-11/h3-4,11-14,19H,2,5-10H2,1H3,(H,17,20)(H,18,21)/t12-,13-,14+/m1/s1. The summed E-state index contributed by atoms with van der Waals surface area (Å²) < 4.78 is 11.0. The molecule has 0 saturated carbocycles. The number of ether oxygens (including phenoxy) is 2. The summed E-state index contributed by atoms with van der Waals surface area (Å²) in [4.78, 5) is 23.9. The molecule has 1 fully saturated rings. The number of aliphatic hydroxyl groups excluding tert-OH is 1. The molecule has 2 aliphatic heterocycles. The van der Waals surface area contributed by atoms with Crippen LogP contribution in [0, 0.1) is 5.92 Å². The summed E-state index contributed by atoms with van der Waals surface area (Å²) in [6.45, 7) is 3.42. The summed E-state index contributed by atoms with van der Waals surface area (Å²) in [7, 11) is 0. The van der Waals surface area contributed by atoms with E-state index < -0.39 is 6.10 Å². The van der Waals surface area contributed by atoms with Gasteiger partial charge in [0, 0.05) is 25.7 Å². The predicted octanol–water partition coefficient (Wildman–Crippen LogP) is -0.260. The van der Waals surface area contributed by atoms with Crippen LogP contribution in [0.4, 0.5) is 0 Å². The van der Waals surface area contributed by atoms with Crippen LogP contribution in [-0.4, -0.2) is 61.5 Å². The minimum atomic E-state index is -0.539. The number of rotatable bonds is 6. The van der Waals surface area contributed by atoms with Crippen LogP contribution < -0.4 is 10.6 Å². The van der Waals surface area contributed by atoms with Crippen molar-refractivity contribution in [1.29, 1.82) is 0 Å². The summed E-state index contributed by atoms with van der Waals surface area (Å²) in [5.74, 6) is -0.180. The molecule has 0 aliphatic carbocycles. The zero-order valence-corrected chi connectivity index (χ0v) is 13.5. The van der Waals surface area contributed by atoms with E-state index in [-0.39, 0.29) is 42.9 Å². The van der Waals surface area contributed by atoms with Crippen LogP contribution in [0.25, 0.3) is 0 Å². The van der Waals surface area contributed by atoms with Gasteiger partial charge in [-0.05, 0) is 19.8 Å². The first-order chi connectivity index (χ1) is 11.1. The van der Waals surface area contributed by atoms with Gasteiger partial charge in [0.15, 0.2) is 0 Å². The molecule has 0 aromatic rings. The number of carbonyl (C=O) groups excluding carboxylic acids is 2. The zero-order valence-electron chi connectivity index (χ0n) is 13.5. The van der Waals surface area contributed by atoms with Crippen LogP contribution in [-0.2, 0) is 19.1 Å². The molecule has 2 aliphatic rings. The lowest BCUT2D eigenvalue weighted by molar-refractivity contribution is -0.132. The van der Waals surface area contributed by atoms with Crippen LogP contribution in [0.15, 0.2) is 12.2 Å². The third kappa shape index (κ3) is 5.30. The second-order valence-corrected chi connectivity index (χ2v) is 5.86. The summed E-state index contributed by atoms with van der Waals surface area (Å²) in [6.07, 6.45) is 4.31. The van der Waals surface area contributed by atoms with Gasteiger partial charge in [-0.1, -0.05) is 12.2 Å². The number of hydrogen-bond donors (Lipinski definition) is 3. The summed E-state index contributed by atoms with van der Waals surface area (Å²) >= 11 is 0. The van der Waals surface area contributed by atoms with Crippen molar-refractivity contribution in [2.75, 3.05) is 26.4 Å². The molecule has 0 spiro atoms. The van der Waals surface area contributed by atoms with Gasteiger partial charge >= 0.3 is 0 Å². The molecule has 0 unspecified atom stereocenters. The van der Waals surface area contributed by atoms with Gasteiger partial charge in [0.25, 0.3) is 0 Å². The molecule has 0 radical (unpaired) electrons. The van der Waals surface area contributed by atoms with Crippen LogP contribution in [0.3, 0.4) is 0 Å². The molecule has 0 bridgehead atoms. The van der Waals surface area contributed by atoms with Crippen LogP contribution >= 0.6 is 0 Å². The minimum absolute atomic E-state index is 0.0350. The lowest BCUT2D eigenvalue weighted by atomic mass is 9.97. The van der Waals surface area contributed by atoms with Gasteiger partial charge in [-0.25, -0.2) is 0 Å². The van der Waals surface area contributed by atoms with E-state index in [1.165, 1.54) is 0 Å². The fraction of sp³-hybridized carbons (Fsp3) is 0.750. The highest BCUT2D eigenvalue weighted by molar-refractivity contribution is 5.79. The normalized spacial score (nSPS) is 28.3. The van der Waals surface area contributed by atoms with E-state index in [9.17, 15) is 14.7 Å². The molecule has 3 N–H and O–H groups in total. The predicted molar refractivity (Wildman–Crippen MR) is 83.7 cm³/mol. The van der Waals surface area contributed by atoms with Gasteiger partial charge in [-0.3, -0.25) is 9.59 Å². The minimum Gasteiger partial charge on any atom is -0.394 e. The van der Waals surface area contributed by atoms with Crippen molar-refractivity contribution in [2.45, 2.75) is 44.4 Å². The van der Waals surface area contributed by atoms with E-state index in [0.29, 0.717) is 32.6 Å². The topological polar surface area (TPSA) is 96.9 Å². The largest absolute Gasteiger partial charge is 0.394 e. The van der Waals surface area contributed by atoms with Crippen LogP contribution in [0.5, 0.6) is 0 Å². The number of hydrogen-bond acceptors (Lipinski definition) is 5. The Morgan fingerprint density at radius 2 is 2.00 bits per heavy atom. The van der Waals surface area contributed by atoms with Crippen molar-refractivity contribution in [3.8, 4) is 0 Å². The molecule has 0 aromatic carbocycles. The van der Waals surface area contributed by atoms with E-state index in [1.54, 1.807) is 6.08 Å². The van der Waals surface area contributed by atoms with E-state index in [4.69, 9.17) is 9.47 Å². The Morgan fingerprint density at radius 1 is 1.26 bits per heavy atom. The molecule has 23 heavy (non-hydrogen) atoms. The third-order valence-electron chi connectivity index (χ3n) is 4.12. The average molecular weight is 326 g/mol. The first kappa shape index (κ1) is 17.9. The molecule has 2 heterocycles. The Balaban J connectivity index is 1.88. The maximum Gasteiger partial charge on any atom is 0.223 e. The Kier molecular flexibility index (Phi) is 7.01. The number of aliphatic hydroxyl groups is 1. The SMILES string of the molecule is CCNC(=O)C[C@H]1C=C[C@@H](NC(=O)C2CCOCC2)[C@H](CO)O1. The molecule has 7 heteroatoms. The maximum atomic E-state index is 12.3. The smallest absolute Gasteiger partial charge is 0.223 e. The van der Waals surface area contributed by atoms with Crippen molar-refractivity contribution in [3.05, 3.63) is 12.2 Å². The highest BCUT2D eigenvalue weighted by Crippen LogP contribution is 2.19. The second kappa shape index (κ2) is 9.00. The fourth-order valence-corrected chi connectivity index (χ4v) is 2.83. The average Bonchev–Trinajstić information content (AvgIpc) is 2.57. The molecule has 1 saturated heterocycles. The molecule has 130 valence electrons. The lowest BCUT2D eigenvalue weighted by Gasteiger charge is -2.33. The monoisotopic (exact) mass is 326 g/mol. The van der Waals surface area contributed by atoms with Gasteiger partial charge in [0.2, 0.25) is 11.8 Å². The molecule has 2 amide bonds. The van der Waals surface area contributed by atoms with Crippen molar-refractivity contribution in [2.24, 2.45) is 5.92 Å². The van der Waals surface area contributed by atoms with Gasteiger partial charge in [-0.15, -0.1) is 0 Å². The van der Waals surface area contributed by atoms with Crippen molar-refractivity contribution in [3.63, 3.8) is 0 Å². The van der Waals surface area contributed by atoms with Gasteiger partial charge in [-0.2, -0.15) is 0 Å². The van der Waals surface area contributed by atoms with Crippen molar-refractivity contribution < 1.29 is 24.2 Å². The van der Waals surface area contributed by atoms with Gasteiger partial charge in [0.05, 0.1) is 25.2 Å². The van der Waals surface area contributed by atoms with Crippen LogP contribution in [0.1, 0.15) is 26.2 Å². The quantitative estimate of drug-likeness (QED) is 0.584. The summed E-state index contributed by atoms with van der Waals surface area (Å²) in [6, 6.07) is -0.374. The molecule has 7 nitrogen and oxygen atoms in total. The number of amides is 2. The first-order valence-electron chi connectivity index (χ1n) is 8.23. The summed E-state index contributed by atoms with van der Waals surface area (Å²) in [5.41, 5.74) is 0. The highest BCUT2D eigenvalue weighted by atomic mass is 16.5. The Hall–Kier alpha value is -1.44. The van der Waals surface area contributed by atoms with E-state index in [2.05, 4.69) is 10.6 Å². The second-order valence-electron chi connectivity index (χ2n) is 5.86. The molecule has 3 atom stereocenters. The molecule has 2 rings (SSSR count). The Bertz CT molecular complexity index is 434.